The minimum Gasteiger partial charge on any atom is -0.481 e. The Bertz CT molecular complexity index is 410. The summed E-state index contributed by atoms with van der Waals surface area (Å²) in [6.45, 7) is -0.139. The molecule has 0 amide bonds. The van der Waals surface area contributed by atoms with Crippen LogP contribution in [0.5, 0.6) is 0 Å². The molecule has 0 fully saturated rings. The molecule has 0 atom stereocenters. The van der Waals surface area contributed by atoms with Crippen molar-refractivity contribution in [3.8, 4) is 0 Å². The van der Waals surface area contributed by atoms with Crippen LogP contribution in [0, 0.1) is 0 Å². The van der Waals surface area contributed by atoms with Crippen LogP contribution in [0.25, 0.3) is 0 Å². The van der Waals surface area contributed by atoms with E-state index in [9.17, 15) is 13.6 Å². The zero-order valence-electron chi connectivity index (χ0n) is 8.28. The molecule has 16 heavy (non-hydrogen) atoms. The number of anilines is 1. The fourth-order valence-electron chi connectivity index (χ4n) is 1.29. The average molecular weight is 231 g/mol. The number of hydrogen-bond donors (Lipinski definition) is 3. The summed E-state index contributed by atoms with van der Waals surface area (Å²) in [5, 5.41) is 8.57. The first-order valence-corrected chi connectivity index (χ1v) is 4.43. The first kappa shape index (κ1) is 12.3. The highest BCUT2D eigenvalue weighted by atomic mass is 19.3. The molecule has 1 rings (SSSR count). The molecule has 0 aliphatic rings. The van der Waals surface area contributed by atoms with Crippen LogP contribution in [0.4, 0.5) is 14.6 Å². The quantitative estimate of drug-likeness (QED) is 0.707. The number of nitrogens with two attached hydrogens (primary N) is 2. The predicted molar refractivity (Wildman–Crippen MR) is 52.8 cm³/mol. The maximum atomic E-state index is 12.5. The lowest BCUT2D eigenvalue weighted by atomic mass is 10.1. The number of halogens is 2. The van der Waals surface area contributed by atoms with Crippen LogP contribution in [-0.4, -0.2) is 16.1 Å². The Morgan fingerprint density at radius 3 is 2.56 bits per heavy atom. The fraction of sp³-hybridized carbons (Fsp3) is 0.333. The molecule has 5 N–H and O–H groups in total. The number of carboxylic acid groups (broad SMARTS) is 1. The number of aliphatic carboxylic acids is 1. The van der Waals surface area contributed by atoms with Crippen molar-refractivity contribution in [3.05, 3.63) is 22.9 Å². The van der Waals surface area contributed by atoms with E-state index in [4.69, 9.17) is 16.6 Å². The molecule has 1 aromatic rings. The Morgan fingerprint density at radius 2 is 2.12 bits per heavy atom. The third kappa shape index (κ3) is 2.63. The van der Waals surface area contributed by atoms with Gasteiger partial charge in [0.05, 0.1) is 6.42 Å². The topological polar surface area (TPSA) is 102 Å². The third-order valence-corrected chi connectivity index (χ3v) is 2.02. The second-order valence-corrected chi connectivity index (χ2v) is 3.15. The van der Waals surface area contributed by atoms with E-state index in [-0.39, 0.29) is 29.9 Å². The van der Waals surface area contributed by atoms with Crippen molar-refractivity contribution in [2.45, 2.75) is 19.4 Å². The van der Waals surface area contributed by atoms with Gasteiger partial charge >= 0.3 is 5.97 Å². The van der Waals surface area contributed by atoms with Gasteiger partial charge in [-0.1, -0.05) is 0 Å². The molecule has 7 heteroatoms. The van der Waals surface area contributed by atoms with Gasteiger partial charge in [-0.25, -0.2) is 13.8 Å². The molecule has 0 saturated carbocycles. The summed E-state index contributed by atoms with van der Waals surface area (Å²) in [4.78, 5) is 14.0. The number of pyridine rings is 1. The molecule has 0 unspecified atom stereocenters. The van der Waals surface area contributed by atoms with Gasteiger partial charge in [0.1, 0.15) is 11.5 Å². The number of hydrogen-bond acceptors (Lipinski definition) is 4. The maximum Gasteiger partial charge on any atom is 0.307 e. The van der Waals surface area contributed by atoms with Crippen LogP contribution in [-0.2, 0) is 17.8 Å². The molecule has 1 aromatic heterocycles. The standard InChI is InChI=1S/C9H11F2N3O2/c10-8(11)7-5(3-12)1-4(2-6(15)16)9(13)14-7/h1,8H,2-3,12H2,(H2,13,14)(H,15,16). The molecular formula is C9H11F2N3O2. The molecule has 0 radical (unpaired) electrons. The summed E-state index contributed by atoms with van der Waals surface area (Å²) in [5.74, 6) is -1.31. The van der Waals surface area contributed by atoms with Crippen molar-refractivity contribution in [1.82, 2.24) is 4.98 Å². The van der Waals surface area contributed by atoms with Crippen LogP contribution in [0.2, 0.25) is 0 Å². The summed E-state index contributed by atoms with van der Waals surface area (Å²) in [6.07, 6.45) is -3.14. The van der Waals surface area contributed by atoms with Gasteiger partial charge in [0.25, 0.3) is 6.43 Å². The first-order valence-electron chi connectivity index (χ1n) is 4.43. The summed E-state index contributed by atoms with van der Waals surface area (Å²) in [7, 11) is 0. The molecule has 0 aromatic carbocycles. The van der Waals surface area contributed by atoms with Crippen molar-refractivity contribution >= 4 is 11.8 Å². The van der Waals surface area contributed by atoms with Gasteiger partial charge in [-0.05, 0) is 11.6 Å². The molecular weight excluding hydrogens is 220 g/mol. The molecule has 0 aliphatic carbocycles. The van der Waals surface area contributed by atoms with E-state index in [2.05, 4.69) is 4.98 Å². The van der Waals surface area contributed by atoms with Crippen molar-refractivity contribution in [2.24, 2.45) is 5.73 Å². The molecule has 0 aliphatic heterocycles. The average Bonchev–Trinajstić information content (AvgIpc) is 2.19. The normalized spacial score (nSPS) is 10.8. The maximum absolute atomic E-state index is 12.5. The van der Waals surface area contributed by atoms with Crippen molar-refractivity contribution < 1.29 is 18.7 Å². The SMILES string of the molecule is NCc1cc(CC(=O)O)c(N)nc1C(F)F. The number of nitrogens with zero attached hydrogens (tertiary/aromatic N) is 1. The second-order valence-electron chi connectivity index (χ2n) is 3.15. The van der Waals surface area contributed by atoms with E-state index in [1.807, 2.05) is 0 Å². The van der Waals surface area contributed by atoms with Gasteiger partial charge in [-0.3, -0.25) is 4.79 Å². The lowest BCUT2D eigenvalue weighted by Gasteiger charge is -2.10. The summed E-state index contributed by atoms with van der Waals surface area (Å²) in [6, 6.07) is 1.26. The van der Waals surface area contributed by atoms with Gasteiger partial charge < -0.3 is 16.6 Å². The number of alkyl halides is 2. The lowest BCUT2D eigenvalue weighted by Crippen LogP contribution is -2.11. The fourth-order valence-corrected chi connectivity index (χ4v) is 1.29. The van der Waals surface area contributed by atoms with Crippen molar-refractivity contribution in [1.29, 1.82) is 0 Å². The minimum atomic E-state index is -2.78. The van der Waals surface area contributed by atoms with Crippen LogP contribution in [0.1, 0.15) is 23.2 Å². The van der Waals surface area contributed by atoms with Crippen molar-refractivity contribution in [3.63, 3.8) is 0 Å². The van der Waals surface area contributed by atoms with Crippen LogP contribution < -0.4 is 11.5 Å². The summed E-state index contributed by atoms with van der Waals surface area (Å²) in [5.41, 5.74) is 10.5. The molecule has 88 valence electrons. The Labute approximate surface area is 90.1 Å². The number of carboxylic acids is 1. The minimum absolute atomic E-state index is 0.112. The van der Waals surface area contributed by atoms with Gasteiger partial charge in [0.2, 0.25) is 0 Å². The van der Waals surface area contributed by atoms with E-state index >= 15 is 0 Å². The monoisotopic (exact) mass is 231 g/mol. The zero-order chi connectivity index (χ0) is 12.3. The number of rotatable bonds is 4. The van der Waals surface area contributed by atoms with E-state index in [0.717, 1.165) is 0 Å². The van der Waals surface area contributed by atoms with Crippen molar-refractivity contribution in [2.75, 3.05) is 5.73 Å². The Balaban J connectivity index is 3.20. The summed E-state index contributed by atoms with van der Waals surface area (Å²) >= 11 is 0. The van der Waals surface area contributed by atoms with E-state index in [1.165, 1.54) is 6.07 Å². The van der Waals surface area contributed by atoms with E-state index in [0.29, 0.717) is 0 Å². The molecule has 1 heterocycles. The van der Waals surface area contributed by atoms with Crippen LogP contribution in [0.15, 0.2) is 6.07 Å². The van der Waals surface area contributed by atoms with Gasteiger partial charge in [0, 0.05) is 12.1 Å². The van der Waals surface area contributed by atoms with Crippen LogP contribution in [0.3, 0.4) is 0 Å². The zero-order valence-corrected chi connectivity index (χ0v) is 8.28. The number of nitrogen functional groups attached to an aromatic ring is 1. The smallest absolute Gasteiger partial charge is 0.307 e. The number of carbonyl (C=O) groups is 1. The molecule has 0 spiro atoms. The highest BCUT2D eigenvalue weighted by molar-refractivity contribution is 5.72. The largest absolute Gasteiger partial charge is 0.481 e. The van der Waals surface area contributed by atoms with Crippen LogP contribution >= 0.6 is 0 Å². The Kier molecular flexibility index (Phi) is 3.73. The summed E-state index contributed by atoms with van der Waals surface area (Å²) < 4.78 is 25.0. The second kappa shape index (κ2) is 4.84. The predicted octanol–water partition coefficient (Wildman–Crippen LogP) is 0.687. The Hall–Kier alpha value is -1.76. The van der Waals surface area contributed by atoms with Gasteiger partial charge in [-0.2, -0.15) is 0 Å². The van der Waals surface area contributed by atoms with E-state index < -0.39 is 18.1 Å². The van der Waals surface area contributed by atoms with Gasteiger partial charge in [0.15, 0.2) is 0 Å². The molecule has 5 nitrogen and oxygen atoms in total. The van der Waals surface area contributed by atoms with E-state index in [1.54, 1.807) is 0 Å². The lowest BCUT2D eigenvalue weighted by molar-refractivity contribution is -0.136. The molecule has 0 saturated heterocycles. The highest BCUT2D eigenvalue weighted by Gasteiger charge is 2.17. The Morgan fingerprint density at radius 1 is 1.50 bits per heavy atom. The number of aromatic nitrogens is 1. The third-order valence-electron chi connectivity index (χ3n) is 2.02. The van der Waals surface area contributed by atoms with Gasteiger partial charge in [-0.15, -0.1) is 0 Å². The first-order chi connectivity index (χ1) is 7.45. The molecule has 0 bridgehead atoms. The highest BCUT2D eigenvalue weighted by Crippen LogP contribution is 2.24.